The van der Waals surface area contributed by atoms with Gasteiger partial charge < -0.3 is 83.4 Å². The zero-order valence-corrected chi connectivity index (χ0v) is 50.1. The van der Waals surface area contributed by atoms with Crippen LogP contribution in [0, 0.1) is 5.92 Å². The van der Waals surface area contributed by atoms with Crippen LogP contribution in [0.1, 0.15) is 94.7 Å². The molecule has 3 rings (SSSR count). The van der Waals surface area contributed by atoms with E-state index in [0.29, 0.717) is 11.1 Å². The van der Waals surface area contributed by atoms with E-state index in [1.54, 1.807) is 67.6 Å². The lowest BCUT2D eigenvalue weighted by Crippen LogP contribution is -2.61. The molecule has 33 nitrogen and oxygen atoms in total. The quantitative estimate of drug-likeness (QED) is 0.0286. The summed E-state index contributed by atoms with van der Waals surface area (Å²) in [5, 5.41) is 76.2. The minimum atomic E-state index is -5.10. The Kier molecular flexibility index (Phi) is 30.8. The summed E-state index contributed by atoms with van der Waals surface area (Å²) in [6.07, 6.45) is -7.91. The molecule has 0 saturated carbocycles. The van der Waals surface area contributed by atoms with Gasteiger partial charge in [0.15, 0.2) is 0 Å². The van der Waals surface area contributed by atoms with Gasteiger partial charge in [0.05, 0.1) is 12.5 Å². The molecule has 0 aliphatic rings. The number of benzene rings is 3. The van der Waals surface area contributed by atoms with E-state index in [0.717, 1.165) is 12.1 Å². The standard InChI is InChI=1S/C57H74N9O24P/c1-3-30(2)48(66-53(81)39(21-25-46(73)74)61-50(78)36(18-22-43(67)68)59-49(77)35(58)29-47(75)76)56(84)64-41(27-33-14-16-34(17-15-33)90-91(87,88)89)54(82)62-37(19-23-44(69)70)51(79)60-38(20-24-45(71)72)52(80)63-40(26-31-10-6-4-7-11-31)55(83)65-42(57(85)86)28-32-12-8-5-9-13-32/h4-17,30,35-42,48H,3,18-29,58H2,1-2H3,(H,59,77)(H,60,79)(H,61,78)(H,62,82)(H,63,80)(H,64,84)(H,65,83)(H,66,81)(H,67,68)(H,69,70)(H,71,72)(H,73,74)(H,75,76)(H,85,86)(H2,87,88,89)/t30-,35-,36-,37-,38-,39-,40-,41-,42-,48-/m0/s1. The molecule has 18 N–H and O–H groups in total. The second kappa shape index (κ2) is 37.2. The average molecular weight is 1300 g/mol. The Hall–Kier alpha value is -9.85. The lowest BCUT2D eigenvalue weighted by atomic mass is 9.96. The van der Waals surface area contributed by atoms with E-state index in [2.05, 4.69) is 47.1 Å². The first-order valence-corrected chi connectivity index (χ1v) is 29.7. The molecule has 0 heterocycles. The number of hydrogen-bond donors (Lipinski definition) is 17. The summed E-state index contributed by atoms with van der Waals surface area (Å²) < 4.78 is 16.2. The summed E-state index contributed by atoms with van der Waals surface area (Å²) in [4.78, 5) is 202. The molecular formula is C57H74N9O24P. The van der Waals surface area contributed by atoms with E-state index in [-0.39, 0.29) is 30.6 Å². The van der Waals surface area contributed by atoms with E-state index >= 15 is 0 Å². The molecule has 0 spiro atoms. The number of aliphatic carboxylic acids is 6. The molecule has 3 aromatic carbocycles. The van der Waals surface area contributed by atoms with Gasteiger partial charge in [-0.15, -0.1) is 0 Å². The van der Waals surface area contributed by atoms with Gasteiger partial charge in [-0.25, -0.2) is 9.36 Å². The van der Waals surface area contributed by atoms with Crippen molar-refractivity contribution in [2.24, 2.45) is 11.7 Å². The number of hydrogen-bond acceptors (Lipinski definition) is 17. The van der Waals surface area contributed by atoms with Crippen LogP contribution in [0.25, 0.3) is 0 Å². The monoisotopic (exact) mass is 1300 g/mol. The maximum atomic E-state index is 14.7. The van der Waals surface area contributed by atoms with Crippen LogP contribution < -0.4 is 52.8 Å². The summed E-state index contributed by atoms with van der Waals surface area (Å²) >= 11 is 0. The van der Waals surface area contributed by atoms with Crippen LogP contribution in [-0.4, -0.2) is 178 Å². The van der Waals surface area contributed by atoms with Gasteiger partial charge in [-0.2, -0.15) is 0 Å². The van der Waals surface area contributed by atoms with Gasteiger partial charge in [0.1, 0.15) is 54.1 Å². The Bertz CT molecular complexity index is 3120. The number of carboxylic acids is 6. The molecular weight excluding hydrogens is 1230 g/mol. The van der Waals surface area contributed by atoms with Gasteiger partial charge in [-0.1, -0.05) is 93.1 Å². The van der Waals surface area contributed by atoms with Crippen molar-refractivity contribution in [3.8, 4) is 5.75 Å². The fourth-order valence-corrected chi connectivity index (χ4v) is 9.06. The number of carbonyl (C=O) groups is 14. The van der Waals surface area contributed by atoms with E-state index < -0.39 is 215 Å². The van der Waals surface area contributed by atoms with Crippen molar-refractivity contribution < 1.29 is 117 Å². The number of amides is 8. The highest BCUT2D eigenvalue weighted by atomic mass is 31.2. The highest BCUT2D eigenvalue weighted by molar-refractivity contribution is 7.46. The zero-order chi connectivity index (χ0) is 68.1. The van der Waals surface area contributed by atoms with Crippen LogP contribution in [0.3, 0.4) is 0 Å². The lowest BCUT2D eigenvalue weighted by Gasteiger charge is -2.30. The lowest BCUT2D eigenvalue weighted by molar-refractivity contribution is -0.142. The Morgan fingerprint density at radius 1 is 0.418 bits per heavy atom. The fourth-order valence-electron chi connectivity index (χ4n) is 8.66. The Balaban J connectivity index is 2.07. The van der Waals surface area contributed by atoms with Crippen molar-refractivity contribution >= 4 is 90.9 Å². The van der Waals surface area contributed by atoms with Gasteiger partial charge in [0.2, 0.25) is 47.3 Å². The van der Waals surface area contributed by atoms with Crippen LogP contribution in [-0.2, 0) is 91.0 Å². The van der Waals surface area contributed by atoms with Crippen LogP contribution in [0.5, 0.6) is 5.75 Å². The first-order valence-electron chi connectivity index (χ1n) is 28.2. The number of carbonyl (C=O) groups excluding carboxylic acids is 8. The van der Waals surface area contributed by atoms with Gasteiger partial charge in [-0.3, -0.25) is 72.1 Å². The summed E-state index contributed by atoms with van der Waals surface area (Å²) in [7, 11) is -5.10. The van der Waals surface area contributed by atoms with Crippen molar-refractivity contribution in [3.63, 3.8) is 0 Å². The Morgan fingerprint density at radius 2 is 0.725 bits per heavy atom. The van der Waals surface area contributed by atoms with E-state index in [9.17, 15) is 107 Å². The smallest absolute Gasteiger partial charge is 0.481 e. The molecule has 0 saturated heterocycles. The van der Waals surface area contributed by atoms with Gasteiger partial charge in [0.25, 0.3) is 0 Å². The first kappa shape index (κ1) is 75.4. The first-order chi connectivity index (χ1) is 42.7. The molecule has 8 amide bonds. The molecule has 0 aromatic heterocycles. The third-order valence-corrected chi connectivity index (χ3v) is 14.1. The van der Waals surface area contributed by atoms with Crippen LogP contribution in [0.2, 0.25) is 0 Å². The molecule has 0 aliphatic carbocycles. The molecule has 3 aromatic rings. The molecule has 10 atom stereocenters. The molecule has 0 bridgehead atoms. The second-order valence-electron chi connectivity index (χ2n) is 20.9. The molecule has 0 aliphatic heterocycles. The Morgan fingerprint density at radius 3 is 1.07 bits per heavy atom. The van der Waals surface area contributed by atoms with Crippen molar-refractivity contribution in [1.82, 2.24) is 42.5 Å². The minimum Gasteiger partial charge on any atom is -0.481 e. The van der Waals surface area contributed by atoms with E-state index in [1.165, 1.54) is 19.1 Å². The maximum Gasteiger partial charge on any atom is 0.524 e. The number of rotatable bonds is 41. The average Bonchev–Trinajstić information content (AvgIpc) is 1.28. The molecule has 0 fully saturated rings. The normalized spacial score (nSPS) is 14.4. The number of nitrogens with two attached hydrogens (primary N) is 1. The molecule has 496 valence electrons. The summed E-state index contributed by atoms with van der Waals surface area (Å²) in [6.45, 7) is 3.01. The highest BCUT2D eigenvalue weighted by Crippen LogP contribution is 2.37. The van der Waals surface area contributed by atoms with Gasteiger partial charge in [-0.05, 0) is 60.4 Å². The van der Waals surface area contributed by atoms with Crippen molar-refractivity contribution in [3.05, 3.63) is 102 Å². The van der Waals surface area contributed by atoms with Crippen LogP contribution >= 0.6 is 7.82 Å². The number of carboxylic acid groups (broad SMARTS) is 6. The largest absolute Gasteiger partial charge is 0.524 e. The van der Waals surface area contributed by atoms with E-state index in [1.807, 2.05) is 0 Å². The molecule has 0 unspecified atom stereocenters. The topological polar surface area (TPSA) is 549 Å². The highest BCUT2D eigenvalue weighted by Gasteiger charge is 2.37. The van der Waals surface area contributed by atoms with Crippen LogP contribution in [0.15, 0.2) is 84.9 Å². The van der Waals surface area contributed by atoms with Crippen molar-refractivity contribution in [2.75, 3.05) is 0 Å². The molecule has 34 heteroatoms. The Labute approximate surface area is 519 Å². The fraction of sp³-hybridized carbons (Fsp3) is 0.439. The third kappa shape index (κ3) is 28.5. The minimum absolute atomic E-state index is 0.0746. The predicted molar refractivity (Wildman–Crippen MR) is 313 cm³/mol. The van der Waals surface area contributed by atoms with Gasteiger partial charge >= 0.3 is 43.6 Å². The van der Waals surface area contributed by atoms with Crippen molar-refractivity contribution in [1.29, 1.82) is 0 Å². The van der Waals surface area contributed by atoms with E-state index in [4.69, 9.17) is 10.8 Å². The number of nitrogens with one attached hydrogen (secondary N) is 8. The summed E-state index contributed by atoms with van der Waals surface area (Å²) in [5.74, 6) is -19.8. The second-order valence-corrected chi connectivity index (χ2v) is 22.0. The van der Waals surface area contributed by atoms with Crippen molar-refractivity contribution in [2.45, 2.75) is 152 Å². The molecule has 91 heavy (non-hydrogen) atoms. The summed E-state index contributed by atoms with van der Waals surface area (Å²) in [5.41, 5.74) is 6.72. The third-order valence-electron chi connectivity index (χ3n) is 13.7. The maximum absolute atomic E-state index is 14.7. The molecule has 0 radical (unpaired) electrons. The number of phosphoric ester groups is 1. The van der Waals surface area contributed by atoms with Gasteiger partial charge in [0, 0.05) is 44.9 Å². The predicted octanol–water partition coefficient (Wildman–Crippen LogP) is -1.54. The summed E-state index contributed by atoms with van der Waals surface area (Å²) in [6, 6.07) is 4.86. The van der Waals surface area contributed by atoms with Crippen LogP contribution in [0.4, 0.5) is 0 Å². The zero-order valence-electron chi connectivity index (χ0n) is 49.2. The SMILES string of the molecule is CC[C@H](C)[C@H](NC(=O)[C@H](CCC(=O)O)NC(=O)[C@H](CCC(=O)O)NC(=O)[C@@H](N)CC(=O)O)C(=O)N[C@@H](Cc1ccc(OP(=O)(O)O)cc1)C(=O)N[C@@H](CCC(=O)O)C(=O)N[C@@H](CCC(=O)O)C(=O)N[C@@H](Cc1ccccc1)C(=O)N[C@@H](Cc1ccccc1)C(=O)O. The number of phosphoric acid groups is 1.